The van der Waals surface area contributed by atoms with Crippen LogP contribution in [0.2, 0.25) is 0 Å². The summed E-state index contributed by atoms with van der Waals surface area (Å²) in [4.78, 5) is 16.5. The van der Waals surface area contributed by atoms with Gasteiger partial charge in [-0.05, 0) is 161 Å². The van der Waals surface area contributed by atoms with E-state index in [2.05, 4.69) is 286 Å². The van der Waals surface area contributed by atoms with Crippen LogP contribution >= 0.6 is 0 Å². The molecule has 7 aromatic carbocycles. The summed E-state index contributed by atoms with van der Waals surface area (Å²) in [6, 6.07) is 58.0. The van der Waals surface area contributed by atoms with Crippen LogP contribution in [0.15, 0.2) is 152 Å². The van der Waals surface area contributed by atoms with Crippen LogP contribution in [0.3, 0.4) is 0 Å². The number of aromatic nitrogens is 2. The quantitative estimate of drug-likeness (QED) is 0.161. The molecule has 0 bridgehead atoms. The highest BCUT2D eigenvalue weighted by Gasteiger charge is 2.44. The molecule has 2 aliphatic rings. The maximum absolute atomic E-state index is 5.76. The Labute approximate surface area is 450 Å². The maximum atomic E-state index is 5.76. The van der Waals surface area contributed by atoms with Crippen LogP contribution in [0.25, 0.3) is 33.9 Å². The first-order valence-electron chi connectivity index (χ1n) is 27.3. The van der Waals surface area contributed by atoms with Crippen LogP contribution < -0.4 is 26.2 Å². The molecule has 3 heterocycles. The van der Waals surface area contributed by atoms with Gasteiger partial charge in [-0.3, -0.25) is 0 Å². The molecule has 0 fully saturated rings. The van der Waals surface area contributed by atoms with Crippen molar-refractivity contribution >= 4 is 57.2 Å². The van der Waals surface area contributed by atoms with Crippen molar-refractivity contribution in [2.45, 2.75) is 157 Å². The normalized spacial score (nSPS) is 13.9. The average Bonchev–Trinajstić information content (AvgIpc) is 3.34. The Balaban J connectivity index is 1.32. The van der Waals surface area contributed by atoms with E-state index in [0.29, 0.717) is 0 Å². The zero-order valence-corrected chi connectivity index (χ0v) is 48.3. The number of para-hydroxylation sites is 2. The molecule has 0 amide bonds. The third-order valence-corrected chi connectivity index (χ3v) is 15.8. The molecular formula is C70H79BN4. The molecule has 1 aromatic heterocycles. The number of anilines is 6. The van der Waals surface area contributed by atoms with E-state index in [1.54, 1.807) is 0 Å². The molecule has 0 spiro atoms. The number of fused-ring (bicyclic) bond motifs is 4. The van der Waals surface area contributed by atoms with Gasteiger partial charge in [-0.2, -0.15) is 0 Å². The van der Waals surface area contributed by atoms with Gasteiger partial charge in [0.2, 0.25) is 0 Å². The molecule has 382 valence electrons. The van der Waals surface area contributed by atoms with Gasteiger partial charge < -0.3 is 9.80 Å². The summed E-state index contributed by atoms with van der Waals surface area (Å²) in [5.74, 6) is 0.724. The summed E-state index contributed by atoms with van der Waals surface area (Å²) in [6.07, 6.45) is 0. The molecule has 0 N–H and O–H groups in total. The predicted octanol–water partition coefficient (Wildman–Crippen LogP) is 17.3. The zero-order chi connectivity index (χ0) is 53.9. The summed E-state index contributed by atoms with van der Waals surface area (Å²) < 4.78 is 0. The lowest BCUT2D eigenvalue weighted by atomic mass is 9.33. The molecule has 0 radical (unpaired) electrons. The standard InChI is InChI=1S/C70H79BN4/c1-65(2,3)47-27-31-53(32-28-47)74-59-25-21-19-23-55(59)71-56-24-20-22-26-60(56)75(54-33-29-48(30-34-54)66(4,5)6)62-40-45(39-61(74)63(62)71)58-43-57(44-35-49(67(7,8)9)41-50(36-44)68(10,11)12)72-64(73-58)46-37-51(69(13,14)15)42-52(38-46)70(16,17)18/h19-43H,1-18H3. The topological polar surface area (TPSA) is 32.3 Å². The van der Waals surface area contributed by atoms with Crippen LogP contribution in [-0.4, -0.2) is 16.7 Å². The van der Waals surface area contributed by atoms with Crippen LogP contribution in [0, 0.1) is 0 Å². The van der Waals surface area contributed by atoms with E-state index >= 15 is 0 Å². The van der Waals surface area contributed by atoms with Gasteiger partial charge in [0.1, 0.15) is 0 Å². The highest BCUT2D eigenvalue weighted by Crippen LogP contribution is 2.47. The fourth-order valence-corrected chi connectivity index (χ4v) is 11.0. The van der Waals surface area contributed by atoms with E-state index in [4.69, 9.17) is 9.97 Å². The van der Waals surface area contributed by atoms with Gasteiger partial charge in [-0.25, -0.2) is 9.97 Å². The molecule has 4 nitrogen and oxygen atoms in total. The number of hydrogen-bond donors (Lipinski definition) is 0. The lowest BCUT2D eigenvalue weighted by molar-refractivity contribution is 0.568. The molecule has 0 unspecified atom stereocenters. The second-order valence-electron chi connectivity index (χ2n) is 27.8. The van der Waals surface area contributed by atoms with Crippen molar-refractivity contribution in [3.63, 3.8) is 0 Å². The van der Waals surface area contributed by atoms with E-state index in [1.165, 1.54) is 61.1 Å². The Bertz CT molecular complexity index is 3200. The van der Waals surface area contributed by atoms with Crippen molar-refractivity contribution in [1.29, 1.82) is 0 Å². The van der Waals surface area contributed by atoms with Crippen molar-refractivity contribution in [3.05, 3.63) is 185 Å². The minimum absolute atomic E-state index is 0.00455. The summed E-state index contributed by atoms with van der Waals surface area (Å²) in [5, 5.41) is 0. The lowest BCUT2D eigenvalue weighted by Gasteiger charge is -2.44. The Morgan fingerprint density at radius 3 is 0.973 bits per heavy atom. The summed E-state index contributed by atoms with van der Waals surface area (Å²) in [7, 11) is 0. The van der Waals surface area contributed by atoms with Gasteiger partial charge in [0, 0.05) is 50.8 Å². The average molecular weight is 987 g/mol. The maximum Gasteiger partial charge on any atom is 0.252 e. The van der Waals surface area contributed by atoms with Gasteiger partial charge in [0.15, 0.2) is 5.82 Å². The zero-order valence-electron chi connectivity index (χ0n) is 48.3. The Morgan fingerprint density at radius 2 is 0.627 bits per heavy atom. The summed E-state index contributed by atoms with van der Waals surface area (Å²) in [5.41, 5.74) is 23.2. The minimum atomic E-state index is -0.0908. The summed E-state index contributed by atoms with van der Waals surface area (Å²) in [6.45, 7) is 41.5. The number of benzene rings is 7. The van der Waals surface area contributed by atoms with E-state index < -0.39 is 0 Å². The van der Waals surface area contributed by atoms with E-state index in [9.17, 15) is 0 Å². The number of hydrogen-bond acceptors (Lipinski definition) is 4. The second kappa shape index (κ2) is 18.0. The second-order valence-corrected chi connectivity index (χ2v) is 27.8. The highest BCUT2D eigenvalue weighted by molar-refractivity contribution is 7.00. The Hall–Kier alpha value is -6.72. The largest absolute Gasteiger partial charge is 0.311 e. The molecule has 10 rings (SSSR count). The minimum Gasteiger partial charge on any atom is -0.311 e. The van der Waals surface area contributed by atoms with Gasteiger partial charge >= 0.3 is 0 Å². The SMILES string of the molecule is CC(C)(C)c1ccc(N2c3ccccc3B3c4ccccc4N(c4ccc(C(C)(C)C)cc4)c4cc(-c5cc(-c6cc(C(C)(C)C)cc(C(C)(C)C)c6)nc(-c6cc(C(C)(C)C)cc(C(C)(C)C)c6)n5)cc2c43)cc1. The summed E-state index contributed by atoms with van der Waals surface area (Å²) >= 11 is 0. The van der Waals surface area contributed by atoms with E-state index in [-0.39, 0.29) is 39.2 Å². The van der Waals surface area contributed by atoms with Crippen LogP contribution in [0.1, 0.15) is 158 Å². The predicted molar refractivity (Wildman–Crippen MR) is 325 cm³/mol. The van der Waals surface area contributed by atoms with Crippen LogP contribution in [0.4, 0.5) is 34.1 Å². The monoisotopic (exact) mass is 987 g/mol. The fraction of sp³-hybridized carbons (Fsp3) is 0.343. The van der Waals surface area contributed by atoms with Gasteiger partial charge in [0.25, 0.3) is 6.71 Å². The third-order valence-electron chi connectivity index (χ3n) is 15.8. The van der Waals surface area contributed by atoms with Crippen LogP contribution in [-0.2, 0) is 32.5 Å². The first-order chi connectivity index (χ1) is 34.9. The molecule has 0 atom stereocenters. The van der Waals surface area contributed by atoms with Crippen molar-refractivity contribution in [1.82, 2.24) is 9.97 Å². The Morgan fingerprint density at radius 1 is 0.307 bits per heavy atom. The first-order valence-corrected chi connectivity index (χ1v) is 27.3. The smallest absolute Gasteiger partial charge is 0.252 e. The molecule has 0 saturated heterocycles. The molecule has 2 aliphatic heterocycles. The molecule has 8 aromatic rings. The number of rotatable bonds is 5. The van der Waals surface area contributed by atoms with Crippen molar-refractivity contribution < 1.29 is 0 Å². The van der Waals surface area contributed by atoms with E-state index in [1.807, 2.05) is 0 Å². The van der Waals surface area contributed by atoms with Crippen molar-refractivity contribution in [2.75, 3.05) is 9.80 Å². The highest BCUT2D eigenvalue weighted by atomic mass is 15.2. The van der Waals surface area contributed by atoms with Gasteiger partial charge in [-0.1, -0.05) is 197 Å². The van der Waals surface area contributed by atoms with Crippen molar-refractivity contribution in [2.24, 2.45) is 0 Å². The number of nitrogens with zero attached hydrogens (tertiary/aromatic N) is 4. The molecule has 75 heavy (non-hydrogen) atoms. The van der Waals surface area contributed by atoms with E-state index in [0.717, 1.165) is 56.7 Å². The molecule has 0 aliphatic carbocycles. The van der Waals surface area contributed by atoms with Gasteiger partial charge in [0.05, 0.1) is 11.4 Å². The van der Waals surface area contributed by atoms with Gasteiger partial charge in [-0.15, -0.1) is 0 Å². The Kier molecular flexibility index (Phi) is 12.4. The van der Waals surface area contributed by atoms with Crippen molar-refractivity contribution in [3.8, 4) is 33.9 Å². The van der Waals surface area contributed by atoms with Crippen LogP contribution in [0.5, 0.6) is 0 Å². The first kappa shape index (κ1) is 51.8. The molecular weight excluding hydrogens is 908 g/mol. The lowest BCUT2D eigenvalue weighted by Crippen LogP contribution is -2.61. The molecule has 5 heteroatoms. The fourth-order valence-electron chi connectivity index (χ4n) is 11.0. The molecule has 0 saturated carbocycles. The third kappa shape index (κ3) is 9.77.